The molecule has 3 nitrogen and oxygen atoms in total. The van der Waals surface area contributed by atoms with Gasteiger partial charge in [0.05, 0.1) is 0 Å². The summed E-state index contributed by atoms with van der Waals surface area (Å²) in [4.78, 5) is 5.15. The van der Waals surface area contributed by atoms with Crippen LogP contribution < -0.4 is 5.32 Å². The molecule has 0 aromatic rings. The molecule has 1 atom stereocenters. The van der Waals surface area contributed by atoms with Gasteiger partial charge in [-0.05, 0) is 53.0 Å². The van der Waals surface area contributed by atoms with Gasteiger partial charge in [-0.25, -0.2) is 0 Å². The molecule has 0 aliphatic carbocycles. The smallest absolute Gasteiger partial charge is 0.0235 e. The average Bonchev–Trinajstić information content (AvgIpc) is 2.65. The average molecular weight is 197 g/mol. The lowest BCUT2D eigenvalue weighted by molar-refractivity contribution is 0.148. The predicted molar refractivity (Wildman–Crippen MR) is 59.6 cm³/mol. The highest BCUT2D eigenvalue weighted by molar-refractivity contribution is 4.86. The van der Waals surface area contributed by atoms with Gasteiger partial charge in [-0.1, -0.05) is 0 Å². The van der Waals surface area contributed by atoms with E-state index in [1.54, 1.807) is 0 Å². The molecule has 82 valence electrons. The molecule has 1 N–H and O–H groups in total. The predicted octanol–water partition coefficient (Wildman–Crippen LogP) is 0.374. The number of hydrogen-bond acceptors (Lipinski definition) is 3. The van der Waals surface area contributed by atoms with Crippen molar-refractivity contribution >= 4 is 0 Å². The quantitative estimate of drug-likeness (QED) is 0.690. The van der Waals surface area contributed by atoms with Gasteiger partial charge in [0.1, 0.15) is 0 Å². The molecule has 3 heteroatoms. The summed E-state index contributed by atoms with van der Waals surface area (Å²) in [5.41, 5.74) is 0. The number of rotatable bonds is 2. The van der Waals surface area contributed by atoms with E-state index in [4.69, 9.17) is 0 Å². The topological polar surface area (TPSA) is 18.5 Å². The molecule has 0 amide bonds. The highest BCUT2D eigenvalue weighted by Gasteiger charge is 2.28. The molecule has 14 heavy (non-hydrogen) atoms. The summed E-state index contributed by atoms with van der Waals surface area (Å²) < 4.78 is 0. The second-order valence-electron chi connectivity index (χ2n) is 4.80. The van der Waals surface area contributed by atoms with Crippen LogP contribution in [0.25, 0.3) is 0 Å². The van der Waals surface area contributed by atoms with E-state index < -0.39 is 0 Å². The van der Waals surface area contributed by atoms with Gasteiger partial charge in [0.25, 0.3) is 0 Å². The fourth-order valence-corrected chi connectivity index (χ4v) is 2.76. The molecule has 1 unspecified atom stereocenters. The molecule has 2 saturated heterocycles. The minimum atomic E-state index is 0.769. The number of nitrogens with one attached hydrogen (secondary N) is 1. The lowest BCUT2D eigenvalue weighted by atomic mass is 10.0. The van der Waals surface area contributed by atoms with Crippen LogP contribution in [0.15, 0.2) is 0 Å². The highest BCUT2D eigenvalue weighted by atomic mass is 15.2. The Morgan fingerprint density at radius 2 is 1.79 bits per heavy atom. The van der Waals surface area contributed by atoms with Crippen molar-refractivity contribution in [3.05, 3.63) is 0 Å². The molecule has 2 aliphatic rings. The van der Waals surface area contributed by atoms with Crippen LogP contribution in [0, 0.1) is 0 Å². The first-order valence-electron chi connectivity index (χ1n) is 5.89. The minimum absolute atomic E-state index is 0.769. The summed E-state index contributed by atoms with van der Waals surface area (Å²) in [5, 5.41) is 3.39. The maximum atomic E-state index is 3.39. The van der Waals surface area contributed by atoms with Crippen molar-refractivity contribution in [2.45, 2.75) is 31.3 Å². The monoisotopic (exact) mass is 197 g/mol. The van der Waals surface area contributed by atoms with Crippen molar-refractivity contribution in [3.63, 3.8) is 0 Å². The Morgan fingerprint density at radius 3 is 2.29 bits per heavy atom. The van der Waals surface area contributed by atoms with Gasteiger partial charge in [0.2, 0.25) is 0 Å². The van der Waals surface area contributed by atoms with Crippen LogP contribution in [0.5, 0.6) is 0 Å². The molecule has 0 bridgehead atoms. The van der Waals surface area contributed by atoms with E-state index in [1.807, 2.05) is 0 Å². The normalized spacial score (nSPS) is 32.6. The zero-order valence-electron chi connectivity index (χ0n) is 9.50. The Bertz CT molecular complexity index is 175. The van der Waals surface area contributed by atoms with Crippen LogP contribution in [0.1, 0.15) is 19.3 Å². The molecule has 0 spiro atoms. The summed E-state index contributed by atoms with van der Waals surface area (Å²) in [6, 6.07) is 1.61. The van der Waals surface area contributed by atoms with Crippen LogP contribution in [-0.2, 0) is 0 Å². The van der Waals surface area contributed by atoms with E-state index >= 15 is 0 Å². The number of piperidine rings is 1. The molecule has 0 radical (unpaired) electrons. The van der Waals surface area contributed by atoms with Crippen LogP contribution in [0.4, 0.5) is 0 Å². The molecule has 2 fully saturated rings. The first-order valence-corrected chi connectivity index (χ1v) is 5.89. The second kappa shape index (κ2) is 4.60. The Hall–Kier alpha value is -0.120. The van der Waals surface area contributed by atoms with Crippen LogP contribution in [0.3, 0.4) is 0 Å². The van der Waals surface area contributed by atoms with Crippen molar-refractivity contribution in [2.24, 2.45) is 0 Å². The SMILES string of the molecule is CNC1CCN(C2CCN(C)C2)CC1. The van der Waals surface area contributed by atoms with Crippen molar-refractivity contribution in [1.29, 1.82) is 0 Å². The molecule has 2 rings (SSSR count). The van der Waals surface area contributed by atoms with Crippen molar-refractivity contribution in [1.82, 2.24) is 15.1 Å². The minimum Gasteiger partial charge on any atom is -0.317 e. The number of likely N-dealkylation sites (N-methyl/N-ethyl adjacent to an activating group) is 1. The molecular weight excluding hydrogens is 174 g/mol. The first kappa shape index (κ1) is 10.4. The first-order chi connectivity index (χ1) is 6.79. The third-order valence-electron chi connectivity index (χ3n) is 3.82. The third kappa shape index (κ3) is 2.27. The number of hydrogen-bond donors (Lipinski definition) is 1. The van der Waals surface area contributed by atoms with Crippen molar-refractivity contribution < 1.29 is 0 Å². The Labute approximate surface area is 87.4 Å². The van der Waals surface area contributed by atoms with Crippen LogP contribution in [0.2, 0.25) is 0 Å². The van der Waals surface area contributed by atoms with Gasteiger partial charge in [-0.15, -0.1) is 0 Å². The lowest BCUT2D eigenvalue weighted by Gasteiger charge is -2.35. The number of nitrogens with zero attached hydrogens (tertiary/aromatic N) is 2. The summed E-state index contributed by atoms with van der Waals surface area (Å²) >= 11 is 0. The Balaban J connectivity index is 1.78. The summed E-state index contributed by atoms with van der Waals surface area (Å²) in [6.45, 7) is 5.16. The fraction of sp³-hybridized carbons (Fsp3) is 1.00. The Morgan fingerprint density at radius 1 is 1.07 bits per heavy atom. The fourth-order valence-electron chi connectivity index (χ4n) is 2.76. The van der Waals surface area contributed by atoms with Gasteiger partial charge in [-0.2, -0.15) is 0 Å². The van der Waals surface area contributed by atoms with Gasteiger partial charge < -0.3 is 10.2 Å². The molecule has 2 heterocycles. The molecule has 0 aromatic carbocycles. The molecule has 2 aliphatic heterocycles. The van der Waals surface area contributed by atoms with E-state index in [2.05, 4.69) is 29.2 Å². The van der Waals surface area contributed by atoms with Crippen LogP contribution in [-0.4, -0.2) is 62.2 Å². The lowest BCUT2D eigenvalue weighted by Crippen LogP contribution is -2.46. The summed E-state index contributed by atoms with van der Waals surface area (Å²) in [6.07, 6.45) is 4.04. The largest absolute Gasteiger partial charge is 0.317 e. The standard InChI is InChI=1S/C11H23N3/c1-12-10-3-7-14(8-4-10)11-5-6-13(2)9-11/h10-12H,3-9H2,1-2H3. The van der Waals surface area contributed by atoms with E-state index in [9.17, 15) is 0 Å². The van der Waals surface area contributed by atoms with Gasteiger partial charge >= 0.3 is 0 Å². The Kier molecular flexibility index (Phi) is 3.42. The third-order valence-corrected chi connectivity index (χ3v) is 3.82. The van der Waals surface area contributed by atoms with Gasteiger partial charge in [-0.3, -0.25) is 4.90 Å². The van der Waals surface area contributed by atoms with E-state index in [1.165, 1.54) is 45.4 Å². The van der Waals surface area contributed by atoms with Crippen LogP contribution >= 0.6 is 0 Å². The van der Waals surface area contributed by atoms with E-state index in [0.717, 1.165) is 12.1 Å². The maximum absolute atomic E-state index is 3.39. The van der Waals surface area contributed by atoms with Gasteiger partial charge in [0.15, 0.2) is 0 Å². The van der Waals surface area contributed by atoms with Crippen molar-refractivity contribution in [3.8, 4) is 0 Å². The second-order valence-corrected chi connectivity index (χ2v) is 4.80. The highest BCUT2D eigenvalue weighted by Crippen LogP contribution is 2.19. The number of likely N-dealkylation sites (tertiary alicyclic amines) is 2. The summed E-state index contributed by atoms with van der Waals surface area (Å²) in [7, 11) is 4.32. The molecule has 0 aromatic heterocycles. The van der Waals surface area contributed by atoms with E-state index in [-0.39, 0.29) is 0 Å². The van der Waals surface area contributed by atoms with E-state index in [0.29, 0.717) is 0 Å². The molecule has 0 saturated carbocycles. The zero-order chi connectivity index (χ0) is 9.97. The summed E-state index contributed by atoms with van der Waals surface area (Å²) in [5.74, 6) is 0. The van der Waals surface area contributed by atoms with Crippen molar-refractivity contribution in [2.75, 3.05) is 40.3 Å². The maximum Gasteiger partial charge on any atom is 0.0235 e. The van der Waals surface area contributed by atoms with Gasteiger partial charge in [0, 0.05) is 18.6 Å². The zero-order valence-corrected chi connectivity index (χ0v) is 9.50. The molecular formula is C11H23N3.